The van der Waals surface area contributed by atoms with Crippen LogP contribution in [0.4, 0.5) is 0 Å². The van der Waals surface area contributed by atoms with E-state index in [4.69, 9.17) is 0 Å². The molecule has 0 bridgehead atoms. The first kappa shape index (κ1) is 17.1. The largest absolute Gasteiger partial charge is 0.595 e. The molecule has 0 fully saturated rings. The molecule has 116 valence electrons. The third kappa shape index (κ3) is 7.39. The van der Waals surface area contributed by atoms with Crippen molar-refractivity contribution >= 4 is 5.57 Å². The summed E-state index contributed by atoms with van der Waals surface area (Å²) in [6, 6.07) is 0. The van der Waals surface area contributed by atoms with E-state index >= 15 is 0 Å². The van der Waals surface area contributed by atoms with Gasteiger partial charge >= 0.3 is 0 Å². The van der Waals surface area contributed by atoms with Gasteiger partial charge in [-0.25, -0.2) is 0 Å². The molecular formula is C15H25N5O. The third-order valence-corrected chi connectivity index (χ3v) is 3.17. The Morgan fingerprint density at radius 1 is 1.33 bits per heavy atom. The molecule has 0 aromatic carbocycles. The van der Waals surface area contributed by atoms with Crippen molar-refractivity contribution in [3.05, 3.63) is 36.5 Å². The first-order valence-corrected chi connectivity index (χ1v) is 7.46. The summed E-state index contributed by atoms with van der Waals surface area (Å²) in [5.74, 6) is 0. The zero-order chi connectivity index (χ0) is 15.5. The second-order valence-electron chi connectivity index (χ2n) is 5.12. The van der Waals surface area contributed by atoms with Gasteiger partial charge in [-0.1, -0.05) is 42.3 Å². The lowest BCUT2D eigenvalue weighted by Crippen LogP contribution is -1.98. The SMILES string of the molecule is C=C[N+]([O-])=NCCCCCCCCn1cc(C(=C)C)nn1. The van der Waals surface area contributed by atoms with Gasteiger partial charge in [0, 0.05) is 6.54 Å². The van der Waals surface area contributed by atoms with Crippen LogP contribution >= 0.6 is 0 Å². The molecule has 0 saturated heterocycles. The number of nitrogens with zero attached hydrogens (tertiary/aromatic N) is 5. The Bertz CT molecular complexity index is 478. The monoisotopic (exact) mass is 291 g/mol. The summed E-state index contributed by atoms with van der Waals surface area (Å²) < 4.78 is 1.88. The smallest absolute Gasteiger partial charge is 0.202 e. The topological polar surface area (TPSA) is 69.1 Å². The van der Waals surface area contributed by atoms with Gasteiger partial charge in [0.25, 0.3) is 0 Å². The molecule has 1 rings (SSSR count). The van der Waals surface area contributed by atoms with Crippen molar-refractivity contribution < 1.29 is 4.86 Å². The van der Waals surface area contributed by atoms with Crippen LogP contribution in [0.5, 0.6) is 0 Å². The van der Waals surface area contributed by atoms with Gasteiger partial charge in [0.15, 0.2) is 0 Å². The number of allylic oxidation sites excluding steroid dienone is 1. The number of aryl methyl sites for hydroxylation is 1. The van der Waals surface area contributed by atoms with Crippen molar-refractivity contribution in [3.8, 4) is 0 Å². The number of unbranched alkanes of at least 4 members (excludes halogenated alkanes) is 5. The Balaban J connectivity index is 1.99. The predicted octanol–water partition coefficient (Wildman–Crippen LogP) is 3.76. The highest BCUT2D eigenvalue weighted by atomic mass is 16.5. The minimum Gasteiger partial charge on any atom is -0.595 e. The van der Waals surface area contributed by atoms with Gasteiger partial charge in [0.2, 0.25) is 6.20 Å². The Morgan fingerprint density at radius 3 is 2.62 bits per heavy atom. The fourth-order valence-corrected chi connectivity index (χ4v) is 1.92. The molecule has 0 saturated carbocycles. The summed E-state index contributed by atoms with van der Waals surface area (Å²) in [6.07, 6.45) is 9.84. The summed E-state index contributed by atoms with van der Waals surface area (Å²) in [4.78, 5) is 0.525. The molecule has 6 heteroatoms. The van der Waals surface area contributed by atoms with Crippen molar-refractivity contribution in [1.29, 1.82) is 0 Å². The van der Waals surface area contributed by atoms with Gasteiger partial charge in [-0.3, -0.25) is 4.68 Å². The van der Waals surface area contributed by atoms with Gasteiger partial charge in [-0.2, -0.15) is 0 Å². The van der Waals surface area contributed by atoms with E-state index in [0.29, 0.717) is 11.4 Å². The first-order valence-electron chi connectivity index (χ1n) is 7.46. The van der Waals surface area contributed by atoms with E-state index in [-0.39, 0.29) is 0 Å². The second-order valence-corrected chi connectivity index (χ2v) is 5.12. The van der Waals surface area contributed by atoms with Crippen molar-refractivity contribution in [2.75, 3.05) is 6.54 Å². The number of azo groups is 1. The summed E-state index contributed by atoms with van der Waals surface area (Å²) in [6.45, 7) is 10.6. The Morgan fingerprint density at radius 2 is 2.00 bits per heavy atom. The second kappa shape index (κ2) is 9.85. The maximum absolute atomic E-state index is 10.8. The molecule has 0 aliphatic heterocycles. The van der Waals surface area contributed by atoms with Crippen LogP contribution < -0.4 is 0 Å². The lowest BCUT2D eigenvalue weighted by molar-refractivity contribution is -0.458. The minimum absolute atomic E-state index is 0.525. The number of rotatable bonds is 11. The summed E-state index contributed by atoms with van der Waals surface area (Å²) in [5, 5.41) is 22.7. The molecule has 0 aliphatic rings. The molecule has 21 heavy (non-hydrogen) atoms. The van der Waals surface area contributed by atoms with E-state index in [1.54, 1.807) is 0 Å². The summed E-state index contributed by atoms with van der Waals surface area (Å²) >= 11 is 0. The van der Waals surface area contributed by atoms with Gasteiger partial charge in [0.05, 0.1) is 6.20 Å². The quantitative estimate of drug-likeness (QED) is 0.270. The van der Waals surface area contributed by atoms with Crippen LogP contribution in [-0.4, -0.2) is 26.4 Å². The Kier molecular flexibility index (Phi) is 8.01. The highest BCUT2D eigenvalue weighted by Crippen LogP contribution is 2.09. The average molecular weight is 291 g/mol. The standard InChI is InChI=1S/C15H25N5O/c1-4-20(21)16-11-9-7-5-6-8-10-12-19-13-15(14(2)3)17-18-19/h4,13H,1-2,5-12H2,3H3. The fourth-order valence-electron chi connectivity index (χ4n) is 1.92. The van der Waals surface area contributed by atoms with Crippen LogP contribution in [0.25, 0.3) is 5.57 Å². The first-order chi connectivity index (χ1) is 10.1. The lowest BCUT2D eigenvalue weighted by Gasteiger charge is -2.01. The van der Waals surface area contributed by atoms with Crippen molar-refractivity contribution in [3.63, 3.8) is 0 Å². The molecule has 1 aromatic rings. The number of hydrogen-bond donors (Lipinski definition) is 0. The zero-order valence-electron chi connectivity index (χ0n) is 12.9. The van der Waals surface area contributed by atoms with E-state index in [1.807, 2.05) is 17.8 Å². The van der Waals surface area contributed by atoms with Crippen molar-refractivity contribution in [2.24, 2.45) is 5.11 Å². The van der Waals surface area contributed by atoms with E-state index < -0.39 is 0 Å². The van der Waals surface area contributed by atoms with Crippen LogP contribution in [-0.2, 0) is 6.54 Å². The van der Waals surface area contributed by atoms with Crippen LogP contribution in [0.3, 0.4) is 0 Å². The van der Waals surface area contributed by atoms with Gasteiger partial charge in [-0.15, -0.1) is 5.10 Å². The van der Waals surface area contributed by atoms with E-state index in [2.05, 4.69) is 28.6 Å². The lowest BCUT2D eigenvalue weighted by atomic mass is 10.1. The highest BCUT2D eigenvalue weighted by Gasteiger charge is 2.00. The molecule has 6 nitrogen and oxygen atoms in total. The van der Waals surface area contributed by atoms with Gasteiger partial charge in [-0.05, 0) is 37.0 Å². The molecule has 0 aliphatic carbocycles. The molecule has 0 spiro atoms. The van der Waals surface area contributed by atoms with Crippen LogP contribution in [0.2, 0.25) is 0 Å². The maximum Gasteiger partial charge on any atom is 0.202 e. The molecule has 0 N–H and O–H groups in total. The molecule has 1 aromatic heterocycles. The minimum atomic E-state index is 0.525. The van der Waals surface area contributed by atoms with Crippen molar-refractivity contribution in [1.82, 2.24) is 15.0 Å². The maximum atomic E-state index is 10.8. The van der Waals surface area contributed by atoms with Gasteiger partial charge < -0.3 is 5.21 Å². The van der Waals surface area contributed by atoms with Crippen LogP contribution in [0, 0.1) is 5.21 Å². The Labute approximate surface area is 126 Å². The average Bonchev–Trinajstić information content (AvgIpc) is 2.94. The fraction of sp³-hybridized carbons (Fsp3) is 0.600. The number of hydrogen-bond acceptors (Lipinski definition) is 4. The number of aromatic nitrogens is 3. The number of hydroxylamine groups is 1. The van der Waals surface area contributed by atoms with Crippen LogP contribution in [0.1, 0.15) is 51.1 Å². The van der Waals surface area contributed by atoms with E-state index in [1.165, 1.54) is 25.5 Å². The molecular weight excluding hydrogens is 266 g/mol. The predicted molar refractivity (Wildman–Crippen MR) is 83.6 cm³/mol. The Hall–Kier alpha value is -1.98. The van der Waals surface area contributed by atoms with E-state index in [0.717, 1.165) is 37.1 Å². The summed E-state index contributed by atoms with van der Waals surface area (Å²) in [5.41, 5.74) is 1.81. The molecule has 0 radical (unpaired) electrons. The molecule has 0 unspecified atom stereocenters. The molecule has 0 amide bonds. The van der Waals surface area contributed by atoms with E-state index in [9.17, 15) is 5.21 Å². The highest BCUT2D eigenvalue weighted by molar-refractivity contribution is 5.56. The molecule has 0 atom stereocenters. The zero-order valence-corrected chi connectivity index (χ0v) is 12.9. The normalized spacial score (nSPS) is 11.6. The molecule has 1 heterocycles. The summed E-state index contributed by atoms with van der Waals surface area (Å²) in [7, 11) is 0. The van der Waals surface area contributed by atoms with Crippen molar-refractivity contribution in [2.45, 2.75) is 52.0 Å². The van der Waals surface area contributed by atoms with Gasteiger partial charge in [0.1, 0.15) is 12.2 Å². The van der Waals surface area contributed by atoms with Crippen LogP contribution in [0.15, 0.2) is 30.7 Å². The third-order valence-electron chi connectivity index (χ3n) is 3.17.